The van der Waals surface area contributed by atoms with Crippen molar-refractivity contribution in [2.45, 2.75) is 32.4 Å². The van der Waals surface area contributed by atoms with Crippen LogP contribution in [-0.4, -0.2) is 45.8 Å². The van der Waals surface area contributed by atoms with Gasteiger partial charge in [-0.3, -0.25) is 14.6 Å². The normalized spacial score (nSPS) is 22.6. The summed E-state index contributed by atoms with van der Waals surface area (Å²) in [5.41, 5.74) is 1.39. The number of hydrogen-bond donors (Lipinski definition) is 3. The number of hydrogen-bond acceptors (Lipinski definition) is 5. The van der Waals surface area contributed by atoms with Crippen molar-refractivity contribution in [2.75, 3.05) is 6.61 Å². The van der Waals surface area contributed by atoms with Gasteiger partial charge in [-0.2, -0.15) is 5.54 Å². The quantitative estimate of drug-likeness (QED) is 0.294. The molecule has 2 heterocycles. The van der Waals surface area contributed by atoms with Gasteiger partial charge in [-0.1, -0.05) is 26.0 Å². The number of imidazole rings is 1. The molecule has 3 rings (SSSR count). The predicted molar refractivity (Wildman–Crippen MR) is 84.7 cm³/mol. The van der Waals surface area contributed by atoms with Crippen LogP contribution in [-0.2, 0) is 0 Å². The summed E-state index contributed by atoms with van der Waals surface area (Å²) in [7, 11) is -0.246. The minimum atomic E-state index is -0.265. The summed E-state index contributed by atoms with van der Waals surface area (Å²) in [6.07, 6.45) is 2.25. The van der Waals surface area contributed by atoms with Gasteiger partial charge in [0, 0.05) is 6.61 Å². The first kappa shape index (κ1) is 25.8. The molecule has 10 heteroatoms. The number of aryl methyl sites for hydroxylation is 1. The Labute approximate surface area is 241 Å². The molecule has 0 saturated heterocycles. The molecule has 0 unspecified atom stereocenters. The Morgan fingerprint density at radius 1 is 1.50 bits per heavy atom. The Kier molecular flexibility index (Phi) is 11.8. The van der Waals surface area contributed by atoms with Gasteiger partial charge in [0.15, 0.2) is 11.2 Å². The Hall–Kier alpha value is 1.84. The number of nitrogens with zero attached hydrogens (tertiary/aromatic N) is 3. The molecule has 1 radical (unpaired) electrons. The van der Waals surface area contributed by atoms with E-state index in [1.165, 1.54) is 0 Å². The first-order chi connectivity index (χ1) is 10.1. The smallest absolute Gasteiger partial charge is 0.634 e. The fraction of sp³-hybridized carbons (Fsp3) is 0.500. The minimum Gasteiger partial charge on any atom is -0.634 e. The number of fused-ring (bicyclic) bond motifs is 1. The van der Waals surface area contributed by atoms with E-state index in [2.05, 4.69) is 21.5 Å². The molecule has 3 atom stereocenters. The first-order valence-corrected chi connectivity index (χ1v) is 7.72. The van der Waals surface area contributed by atoms with E-state index < -0.39 is 0 Å². The summed E-state index contributed by atoms with van der Waals surface area (Å²) >= 11 is 0. The van der Waals surface area contributed by atoms with Gasteiger partial charge >= 0.3 is 116 Å². The van der Waals surface area contributed by atoms with E-state index in [0.29, 0.717) is 23.4 Å². The number of rotatable bonds is 3. The third kappa shape index (κ3) is 4.81. The standard InChI is InChI=1S/C13H16N4O3Si.CH4.2Rb/c1-6-8(4-18)10(21-20)3-9(6)17-5-14-11-12(17)15-7(2)16-13(11)19;;;/h5,8-10,18,20H,1,3-4H2,2H3,(H,15,16,19);1H4;;/q-1;;2*+1/t8-,9-,10-;;;/m0.../s1. The van der Waals surface area contributed by atoms with Gasteiger partial charge in [0.25, 0.3) is 5.56 Å². The van der Waals surface area contributed by atoms with Crippen molar-refractivity contribution in [3.05, 3.63) is 34.7 Å². The minimum absolute atomic E-state index is 0. The number of H-pyrrole nitrogens is 1. The van der Waals surface area contributed by atoms with Crippen LogP contribution in [0.1, 0.15) is 25.7 Å². The number of aromatic amines is 1. The molecule has 0 aliphatic heterocycles. The Morgan fingerprint density at radius 3 is 2.71 bits per heavy atom. The average molecular weight is 491 g/mol. The van der Waals surface area contributed by atoms with Crippen molar-refractivity contribution in [3.8, 4) is 0 Å². The zero-order chi connectivity index (χ0) is 15.1. The summed E-state index contributed by atoms with van der Waals surface area (Å²) in [5.74, 6) is 0.399. The van der Waals surface area contributed by atoms with Crippen molar-refractivity contribution >= 4 is 20.9 Å². The van der Waals surface area contributed by atoms with E-state index in [9.17, 15) is 14.7 Å². The van der Waals surface area contributed by atoms with Crippen LogP contribution in [0.2, 0.25) is 5.54 Å². The van der Waals surface area contributed by atoms with Gasteiger partial charge < -0.3 is 19.5 Å². The molecule has 1 aliphatic carbocycles. The molecule has 0 aromatic carbocycles. The maximum Gasteiger partial charge on any atom is 1.00 e. The van der Waals surface area contributed by atoms with Crippen molar-refractivity contribution in [3.63, 3.8) is 0 Å². The van der Waals surface area contributed by atoms with Gasteiger partial charge in [0.05, 0.1) is 12.4 Å². The largest absolute Gasteiger partial charge is 1.00 e. The fourth-order valence-electron chi connectivity index (χ4n) is 3.00. The molecule has 0 bridgehead atoms. The molecule has 1 fully saturated rings. The second kappa shape index (κ2) is 11.0. The van der Waals surface area contributed by atoms with E-state index in [1.807, 2.05) is 4.57 Å². The van der Waals surface area contributed by atoms with Crippen LogP contribution in [0.3, 0.4) is 0 Å². The van der Waals surface area contributed by atoms with Crippen LogP contribution in [0.4, 0.5) is 0 Å². The van der Waals surface area contributed by atoms with Gasteiger partial charge in [-0.25, -0.2) is 9.97 Å². The van der Waals surface area contributed by atoms with Crippen LogP contribution in [0, 0.1) is 12.8 Å². The van der Waals surface area contributed by atoms with Crippen LogP contribution in [0.5, 0.6) is 0 Å². The molecule has 2 aromatic heterocycles. The fourth-order valence-corrected chi connectivity index (χ4v) is 3.83. The van der Waals surface area contributed by atoms with Gasteiger partial charge in [-0.15, -0.1) is 0 Å². The first-order valence-electron chi connectivity index (χ1n) is 6.69. The Bertz CT molecular complexity index is 764. The molecule has 3 N–H and O–H groups in total. The summed E-state index contributed by atoms with van der Waals surface area (Å²) in [6.45, 7) is 5.75. The Balaban J connectivity index is 0.00000176. The summed E-state index contributed by atoms with van der Waals surface area (Å²) in [5, 5.41) is 9.49. The maximum atomic E-state index is 11.9. The van der Waals surface area contributed by atoms with E-state index in [-0.39, 0.29) is 163 Å². The SMILES string of the molecule is C.C=C1[C@H](CO)[C@@H]([Si-]O)C[C@@H]1n1cnc2c(=O)[nH]c(C)nc21.[Rb+].[Rb+]. The number of aromatic nitrogens is 4. The molecule has 2 aromatic rings. The third-order valence-corrected chi connectivity index (χ3v) is 5.09. The molecule has 24 heavy (non-hydrogen) atoms. The predicted octanol–water partition coefficient (Wildman–Crippen LogP) is -5.42. The second-order valence-corrected chi connectivity index (χ2v) is 6.33. The molecular formula is C14H20N4O3Rb2Si+. The van der Waals surface area contributed by atoms with E-state index >= 15 is 0 Å². The van der Waals surface area contributed by atoms with E-state index in [0.717, 1.165) is 5.57 Å². The van der Waals surface area contributed by atoms with Gasteiger partial charge in [0.1, 0.15) is 5.82 Å². The van der Waals surface area contributed by atoms with Gasteiger partial charge in [0.2, 0.25) is 0 Å². The number of aliphatic hydroxyl groups excluding tert-OH is 1. The van der Waals surface area contributed by atoms with Crippen molar-refractivity contribution < 1.29 is 126 Å². The number of nitrogens with one attached hydrogen (secondary N) is 1. The molecule has 7 nitrogen and oxygen atoms in total. The zero-order valence-electron chi connectivity index (χ0n) is 13.6. The molecular weight excluding hydrogens is 471 g/mol. The maximum absolute atomic E-state index is 11.9. The van der Waals surface area contributed by atoms with Crippen LogP contribution in [0.25, 0.3) is 11.2 Å². The third-order valence-electron chi connectivity index (χ3n) is 4.12. The molecule has 0 spiro atoms. The van der Waals surface area contributed by atoms with Gasteiger partial charge in [-0.05, 0) is 12.8 Å². The summed E-state index contributed by atoms with van der Waals surface area (Å²) < 4.78 is 1.82. The van der Waals surface area contributed by atoms with Crippen molar-refractivity contribution in [1.29, 1.82) is 0 Å². The van der Waals surface area contributed by atoms with Crippen molar-refractivity contribution in [1.82, 2.24) is 19.5 Å². The molecule has 0 amide bonds. The Morgan fingerprint density at radius 2 is 2.17 bits per heavy atom. The second-order valence-electron chi connectivity index (χ2n) is 5.33. The topological polar surface area (TPSA) is 104 Å². The van der Waals surface area contributed by atoms with Crippen LogP contribution in [0.15, 0.2) is 23.3 Å². The van der Waals surface area contributed by atoms with Crippen molar-refractivity contribution in [2.24, 2.45) is 5.92 Å². The summed E-state index contributed by atoms with van der Waals surface area (Å²) in [6, 6.07) is -0.106. The average Bonchev–Trinajstić information content (AvgIpc) is 2.99. The van der Waals surface area contributed by atoms with Crippen LogP contribution < -0.4 is 122 Å². The van der Waals surface area contributed by atoms with Crippen LogP contribution >= 0.6 is 0 Å². The molecule has 1 saturated carbocycles. The monoisotopic (exact) mass is 490 g/mol. The molecule has 1 aliphatic rings. The van der Waals surface area contributed by atoms with E-state index in [1.54, 1.807) is 13.3 Å². The zero-order valence-corrected chi connectivity index (χ0v) is 24.4. The number of aliphatic hydroxyl groups is 1. The summed E-state index contributed by atoms with van der Waals surface area (Å²) in [4.78, 5) is 32.5. The molecule has 119 valence electrons. The van der Waals surface area contributed by atoms with E-state index in [4.69, 9.17) is 0 Å².